The quantitative estimate of drug-likeness (QED) is 0.197. The Bertz CT molecular complexity index is 1510. The Kier molecular flexibility index (Phi) is 7.93. The predicted octanol–water partition coefficient (Wildman–Crippen LogP) is 8.13. The molecule has 0 radical (unpaired) electrons. The van der Waals surface area contributed by atoms with Gasteiger partial charge in [0.2, 0.25) is 5.91 Å². The Balaban J connectivity index is 1.44. The van der Waals surface area contributed by atoms with Crippen LogP contribution in [0.25, 0.3) is 22.4 Å². The number of aromatic nitrogens is 1. The van der Waals surface area contributed by atoms with Gasteiger partial charge in [-0.2, -0.15) is 5.26 Å². The van der Waals surface area contributed by atoms with Gasteiger partial charge in [-0.1, -0.05) is 97.1 Å². The molecular weight excluding hydrogens is 486 g/mol. The Labute approximate surface area is 227 Å². The van der Waals surface area contributed by atoms with Gasteiger partial charge in [0.1, 0.15) is 11.1 Å². The minimum atomic E-state index is -0.0177. The van der Waals surface area contributed by atoms with Gasteiger partial charge in [-0.15, -0.1) is 11.8 Å². The fraction of sp³-hybridized carbons (Fsp3) is 0.0606. The summed E-state index contributed by atoms with van der Waals surface area (Å²) in [4.78, 5) is 20.1. The molecule has 5 aromatic rings. The number of para-hydroxylation sites is 2. The van der Waals surface area contributed by atoms with Crippen molar-refractivity contribution in [2.24, 2.45) is 0 Å². The molecule has 1 heterocycles. The van der Waals surface area contributed by atoms with Gasteiger partial charge in [-0.25, -0.2) is 4.98 Å². The molecule has 0 aliphatic heterocycles. The number of thioether (sulfide) groups is 1. The smallest absolute Gasteiger partial charge is 0.232 e. The molecule has 1 aromatic heterocycles. The average molecular weight is 512 g/mol. The van der Waals surface area contributed by atoms with Crippen LogP contribution in [-0.2, 0) is 4.79 Å². The van der Waals surface area contributed by atoms with Gasteiger partial charge in [0, 0.05) is 34.7 Å². The molecule has 4 aromatic carbocycles. The third-order valence-corrected chi connectivity index (χ3v) is 7.06. The normalized spacial score (nSPS) is 10.5. The molecule has 184 valence electrons. The second-order valence-corrected chi connectivity index (χ2v) is 9.66. The lowest BCUT2D eigenvalue weighted by molar-refractivity contribution is -0.117. The van der Waals surface area contributed by atoms with Gasteiger partial charge >= 0.3 is 0 Å². The van der Waals surface area contributed by atoms with Crippen molar-refractivity contribution in [3.63, 3.8) is 0 Å². The molecule has 0 bridgehead atoms. The summed E-state index contributed by atoms with van der Waals surface area (Å²) in [6.45, 7) is 0. The molecular formula is C33H25N3OS. The SMILES string of the molecule is N#Cc1c(-c2ccccc2)cc(-c2ccccc2)nc1SCCC(=O)N(c1ccccc1)c1ccccc1. The van der Waals surface area contributed by atoms with Gasteiger partial charge < -0.3 is 0 Å². The Morgan fingerprint density at radius 2 is 1.24 bits per heavy atom. The zero-order valence-electron chi connectivity index (χ0n) is 20.7. The number of anilines is 2. The monoisotopic (exact) mass is 511 g/mol. The average Bonchev–Trinajstić information content (AvgIpc) is 2.99. The van der Waals surface area contributed by atoms with Crippen molar-refractivity contribution in [3.05, 3.63) is 133 Å². The molecule has 0 atom stereocenters. The maximum atomic E-state index is 13.5. The lowest BCUT2D eigenvalue weighted by atomic mass is 9.99. The summed E-state index contributed by atoms with van der Waals surface area (Å²) in [5.41, 5.74) is 5.74. The van der Waals surface area contributed by atoms with E-state index < -0.39 is 0 Å². The molecule has 0 spiro atoms. The van der Waals surface area contributed by atoms with Crippen molar-refractivity contribution in [2.45, 2.75) is 11.4 Å². The van der Waals surface area contributed by atoms with Gasteiger partial charge in [-0.05, 0) is 35.9 Å². The van der Waals surface area contributed by atoms with Crippen LogP contribution in [0.3, 0.4) is 0 Å². The Morgan fingerprint density at radius 1 is 0.737 bits per heavy atom. The number of nitriles is 1. The predicted molar refractivity (Wildman–Crippen MR) is 155 cm³/mol. The van der Waals surface area contributed by atoms with Crippen LogP contribution in [0.5, 0.6) is 0 Å². The molecule has 0 aliphatic carbocycles. The van der Waals surface area contributed by atoms with Gasteiger partial charge in [-0.3, -0.25) is 9.69 Å². The molecule has 0 aliphatic rings. The molecule has 0 saturated carbocycles. The van der Waals surface area contributed by atoms with E-state index in [0.29, 0.717) is 16.3 Å². The highest BCUT2D eigenvalue weighted by atomic mass is 32.2. The summed E-state index contributed by atoms with van der Waals surface area (Å²) in [5.74, 6) is 0.472. The minimum Gasteiger partial charge on any atom is -0.281 e. The minimum absolute atomic E-state index is 0.0177. The topological polar surface area (TPSA) is 57.0 Å². The van der Waals surface area contributed by atoms with Crippen molar-refractivity contribution in [2.75, 3.05) is 10.7 Å². The number of carbonyl (C=O) groups excluding carboxylic acids is 1. The molecule has 1 amide bonds. The first-order valence-corrected chi connectivity index (χ1v) is 13.3. The van der Waals surface area contributed by atoms with Crippen LogP contribution in [0.15, 0.2) is 132 Å². The maximum absolute atomic E-state index is 13.5. The highest BCUT2D eigenvalue weighted by molar-refractivity contribution is 7.99. The first kappa shape index (κ1) is 25.0. The summed E-state index contributed by atoms with van der Waals surface area (Å²) in [7, 11) is 0. The standard InChI is InChI=1S/C33H25N3OS/c34-24-30-29(25-13-5-1-6-14-25)23-31(26-15-7-2-8-16-26)35-33(30)38-22-21-32(37)36(27-17-9-3-10-18-27)28-19-11-4-12-20-28/h1-20,23H,21-22H2. The number of hydrogen-bond donors (Lipinski definition) is 0. The van der Waals surface area contributed by atoms with Crippen molar-refractivity contribution >= 4 is 29.0 Å². The van der Waals surface area contributed by atoms with Crippen molar-refractivity contribution in [1.82, 2.24) is 4.98 Å². The summed E-state index contributed by atoms with van der Waals surface area (Å²) in [6.07, 6.45) is 0.289. The van der Waals surface area contributed by atoms with Gasteiger partial charge in [0.05, 0.1) is 11.3 Å². The Morgan fingerprint density at radius 3 is 1.76 bits per heavy atom. The van der Waals surface area contributed by atoms with E-state index in [4.69, 9.17) is 4.98 Å². The largest absolute Gasteiger partial charge is 0.281 e. The van der Waals surface area contributed by atoms with Crippen molar-refractivity contribution in [1.29, 1.82) is 5.26 Å². The number of nitrogens with zero attached hydrogens (tertiary/aromatic N) is 3. The lowest BCUT2D eigenvalue weighted by Crippen LogP contribution is -2.26. The second-order valence-electron chi connectivity index (χ2n) is 8.58. The summed E-state index contributed by atoms with van der Waals surface area (Å²) >= 11 is 1.44. The van der Waals surface area contributed by atoms with E-state index in [9.17, 15) is 10.1 Å². The number of carbonyl (C=O) groups is 1. The van der Waals surface area contributed by atoms with E-state index in [1.54, 1.807) is 4.90 Å². The number of pyridine rings is 1. The fourth-order valence-corrected chi connectivity index (χ4v) is 5.21. The zero-order valence-corrected chi connectivity index (χ0v) is 21.5. The number of amides is 1. The second kappa shape index (κ2) is 12.1. The maximum Gasteiger partial charge on any atom is 0.232 e. The summed E-state index contributed by atoms with van der Waals surface area (Å²) in [6, 6.07) is 43.5. The molecule has 0 fully saturated rings. The van der Waals surface area contributed by atoms with E-state index in [-0.39, 0.29) is 12.3 Å². The number of rotatable bonds is 8. The van der Waals surface area contributed by atoms with Gasteiger partial charge in [0.15, 0.2) is 0 Å². The Hall–Kier alpha value is -4.66. The van der Waals surface area contributed by atoms with Crippen LogP contribution in [0.4, 0.5) is 11.4 Å². The van der Waals surface area contributed by atoms with E-state index in [1.165, 1.54) is 11.8 Å². The van der Waals surface area contributed by atoms with Crippen LogP contribution >= 0.6 is 11.8 Å². The van der Waals surface area contributed by atoms with E-state index in [0.717, 1.165) is 33.8 Å². The third kappa shape index (κ3) is 5.67. The van der Waals surface area contributed by atoms with Gasteiger partial charge in [0.25, 0.3) is 0 Å². The molecule has 0 saturated heterocycles. The first-order chi connectivity index (χ1) is 18.7. The molecule has 5 rings (SSSR count). The fourth-order valence-electron chi connectivity index (χ4n) is 4.27. The first-order valence-electron chi connectivity index (χ1n) is 12.4. The van der Waals surface area contributed by atoms with Crippen LogP contribution < -0.4 is 4.90 Å². The van der Waals surface area contributed by atoms with E-state index >= 15 is 0 Å². The highest BCUT2D eigenvalue weighted by Gasteiger charge is 2.20. The van der Waals surface area contributed by atoms with Crippen molar-refractivity contribution in [3.8, 4) is 28.5 Å². The van der Waals surface area contributed by atoms with E-state index in [1.807, 2.05) is 127 Å². The highest BCUT2D eigenvalue weighted by Crippen LogP contribution is 2.35. The third-order valence-electron chi connectivity index (χ3n) is 6.09. The van der Waals surface area contributed by atoms with Crippen LogP contribution in [0.1, 0.15) is 12.0 Å². The zero-order chi connectivity index (χ0) is 26.2. The van der Waals surface area contributed by atoms with Crippen LogP contribution in [-0.4, -0.2) is 16.6 Å². The van der Waals surface area contributed by atoms with E-state index in [2.05, 4.69) is 6.07 Å². The lowest BCUT2D eigenvalue weighted by Gasteiger charge is -2.23. The summed E-state index contributed by atoms with van der Waals surface area (Å²) < 4.78 is 0. The molecule has 5 heteroatoms. The molecule has 0 N–H and O–H groups in total. The molecule has 4 nitrogen and oxygen atoms in total. The van der Waals surface area contributed by atoms with Crippen molar-refractivity contribution < 1.29 is 4.79 Å². The van der Waals surface area contributed by atoms with Crippen LogP contribution in [0.2, 0.25) is 0 Å². The number of hydrogen-bond acceptors (Lipinski definition) is 4. The molecule has 38 heavy (non-hydrogen) atoms. The summed E-state index contributed by atoms with van der Waals surface area (Å²) in [5, 5.41) is 10.8. The number of benzene rings is 4. The molecule has 0 unspecified atom stereocenters. The van der Waals surface area contributed by atoms with Crippen LogP contribution in [0, 0.1) is 11.3 Å².